The molecule has 1 aromatic rings. The molecule has 0 aliphatic carbocycles. The van der Waals surface area contributed by atoms with Gasteiger partial charge in [-0.3, -0.25) is 0 Å². The molecule has 0 aliphatic heterocycles. The Morgan fingerprint density at radius 3 is 2.72 bits per heavy atom. The number of sulfonamides is 1. The predicted octanol–water partition coefficient (Wildman–Crippen LogP) is 1.77. The van der Waals surface area contributed by atoms with Crippen LogP contribution in [0.2, 0.25) is 0 Å². The summed E-state index contributed by atoms with van der Waals surface area (Å²) in [6, 6.07) is 6.37. The van der Waals surface area contributed by atoms with E-state index in [1.807, 2.05) is 6.92 Å². The van der Waals surface area contributed by atoms with E-state index in [0.29, 0.717) is 18.7 Å². The highest BCUT2D eigenvalue weighted by molar-refractivity contribution is 7.89. The standard InChI is InChI=1S/C13H19NO3S/c1-3-8-14(9-4-2)18(16,17)13-7-5-6-12(10-13)11-15/h3,5-7,10,15H,1,4,8-9,11H2,2H3. The quantitative estimate of drug-likeness (QED) is 0.767. The van der Waals surface area contributed by atoms with Crippen molar-refractivity contribution in [2.24, 2.45) is 0 Å². The molecular weight excluding hydrogens is 250 g/mol. The van der Waals surface area contributed by atoms with Gasteiger partial charge in [0.05, 0.1) is 11.5 Å². The van der Waals surface area contributed by atoms with Gasteiger partial charge in [-0.25, -0.2) is 8.42 Å². The number of rotatable bonds is 7. The molecule has 1 rings (SSSR count). The van der Waals surface area contributed by atoms with Crippen molar-refractivity contribution in [3.05, 3.63) is 42.5 Å². The molecule has 5 heteroatoms. The molecule has 0 spiro atoms. The fraction of sp³-hybridized carbons (Fsp3) is 0.385. The average molecular weight is 269 g/mol. The molecule has 0 amide bonds. The number of hydrogen-bond acceptors (Lipinski definition) is 3. The summed E-state index contributed by atoms with van der Waals surface area (Å²) in [5, 5.41) is 9.05. The second-order valence-electron chi connectivity index (χ2n) is 3.96. The van der Waals surface area contributed by atoms with E-state index in [2.05, 4.69) is 6.58 Å². The average Bonchev–Trinajstić information content (AvgIpc) is 2.38. The van der Waals surface area contributed by atoms with Crippen LogP contribution in [0.5, 0.6) is 0 Å². The van der Waals surface area contributed by atoms with Crippen molar-refractivity contribution in [3.8, 4) is 0 Å². The smallest absolute Gasteiger partial charge is 0.243 e. The summed E-state index contributed by atoms with van der Waals surface area (Å²) < 4.78 is 26.1. The van der Waals surface area contributed by atoms with Crippen LogP contribution in [0.15, 0.2) is 41.8 Å². The van der Waals surface area contributed by atoms with Crippen LogP contribution in [0.3, 0.4) is 0 Å². The van der Waals surface area contributed by atoms with Gasteiger partial charge in [0.15, 0.2) is 0 Å². The van der Waals surface area contributed by atoms with Crippen LogP contribution < -0.4 is 0 Å². The number of nitrogens with zero attached hydrogens (tertiary/aromatic N) is 1. The molecule has 0 aliphatic rings. The summed E-state index contributed by atoms with van der Waals surface area (Å²) in [5.74, 6) is 0. The Balaban J connectivity index is 3.12. The fourth-order valence-electron chi connectivity index (χ4n) is 1.66. The van der Waals surface area contributed by atoms with E-state index in [9.17, 15) is 8.42 Å². The van der Waals surface area contributed by atoms with Crippen LogP contribution >= 0.6 is 0 Å². The van der Waals surface area contributed by atoms with Crippen molar-refractivity contribution in [1.29, 1.82) is 0 Å². The van der Waals surface area contributed by atoms with E-state index in [0.717, 1.165) is 6.42 Å². The molecule has 100 valence electrons. The van der Waals surface area contributed by atoms with Gasteiger partial charge in [0.25, 0.3) is 0 Å². The number of aliphatic hydroxyl groups excluding tert-OH is 1. The largest absolute Gasteiger partial charge is 0.392 e. The fourth-order valence-corrected chi connectivity index (χ4v) is 3.23. The van der Waals surface area contributed by atoms with Gasteiger partial charge in [-0.2, -0.15) is 4.31 Å². The molecule has 4 nitrogen and oxygen atoms in total. The summed E-state index contributed by atoms with van der Waals surface area (Å²) >= 11 is 0. The molecule has 0 unspecified atom stereocenters. The highest BCUT2D eigenvalue weighted by atomic mass is 32.2. The second kappa shape index (κ2) is 6.68. The first-order valence-corrected chi connectivity index (χ1v) is 7.31. The van der Waals surface area contributed by atoms with Crippen molar-refractivity contribution >= 4 is 10.0 Å². The van der Waals surface area contributed by atoms with Crippen LogP contribution in [0.4, 0.5) is 0 Å². The van der Waals surface area contributed by atoms with E-state index < -0.39 is 10.0 Å². The Morgan fingerprint density at radius 1 is 1.44 bits per heavy atom. The lowest BCUT2D eigenvalue weighted by atomic mass is 10.2. The summed E-state index contributed by atoms with van der Waals surface area (Å²) in [6.45, 7) is 6.08. The molecule has 1 N–H and O–H groups in total. The maximum atomic E-state index is 12.4. The van der Waals surface area contributed by atoms with Crippen molar-refractivity contribution in [2.75, 3.05) is 13.1 Å². The Morgan fingerprint density at radius 2 is 2.17 bits per heavy atom. The molecule has 1 aromatic carbocycles. The van der Waals surface area contributed by atoms with Gasteiger partial charge in [-0.1, -0.05) is 25.1 Å². The lowest BCUT2D eigenvalue weighted by Crippen LogP contribution is -2.32. The Labute approximate surface area is 109 Å². The first-order chi connectivity index (χ1) is 8.56. The monoisotopic (exact) mass is 269 g/mol. The molecule has 0 heterocycles. The zero-order valence-corrected chi connectivity index (χ0v) is 11.4. The SMILES string of the molecule is C=CCN(CCC)S(=O)(=O)c1cccc(CO)c1. The van der Waals surface area contributed by atoms with Crippen molar-refractivity contribution in [3.63, 3.8) is 0 Å². The molecule has 0 saturated heterocycles. The second-order valence-corrected chi connectivity index (χ2v) is 5.90. The van der Waals surface area contributed by atoms with Gasteiger partial charge in [0, 0.05) is 13.1 Å². The Hall–Kier alpha value is -1.17. The van der Waals surface area contributed by atoms with Gasteiger partial charge < -0.3 is 5.11 Å². The van der Waals surface area contributed by atoms with Gasteiger partial charge in [0.1, 0.15) is 0 Å². The highest BCUT2D eigenvalue weighted by Gasteiger charge is 2.22. The van der Waals surface area contributed by atoms with Crippen LogP contribution in [-0.2, 0) is 16.6 Å². The first kappa shape index (κ1) is 14.9. The third kappa shape index (κ3) is 3.41. The third-order valence-electron chi connectivity index (χ3n) is 2.52. The minimum absolute atomic E-state index is 0.168. The normalized spacial score (nSPS) is 11.7. The number of hydrogen-bond donors (Lipinski definition) is 1. The minimum atomic E-state index is -3.51. The summed E-state index contributed by atoms with van der Waals surface area (Å²) in [6.07, 6.45) is 2.32. The number of aliphatic hydroxyl groups is 1. The molecule has 18 heavy (non-hydrogen) atoms. The zero-order valence-electron chi connectivity index (χ0n) is 10.5. The Bertz CT molecular complexity index is 497. The molecule has 0 atom stereocenters. The summed E-state index contributed by atoms with van der Waals surface area (Å²) in [4.78, 5) is 0.212. The number of benzene rings is 1. The minimum Gasteiger partial charge on any atom is -0.392 e. The molecule has 0 aromatic heterocycles. The van der Waals surface area contributed by atoms with E-state index >= 15 is 0 Å². The van der Waals surface area contributed by atoms with E-state index in [-0.39, 0.29) is 11.5 Å². The van der Waals surface area contributed by atoms with Gasteiger partial charge in [-0.05, 0) is 24.1 Å². The van der Waals surface area contributed by atoms with E-state index in [1.54, 1.807) is 24.3 Å². The summed E-state index contributed by atoms with van der Waals surface area (Å²) in [7, 11) is -3.51. The van der Waals surface area contributed by atoms with E-state index in [4.69, 9.17) is 5.11 Å². The lowest BCUT2D eigenvalue weighted by molar-refractivity contribution is 0.281. The molecule has 0 saturated carbocycles. The van der Waals surface area contributed by atoms with Crippen molar-refractivity contribution in [1.82, 2.24) is 4.31 Å². The maximum absolute atomic E-state index is 12.4. The van der Waals surface area contributed by atoms with E-state index in [1.165, 1.54) is 10.4 Å². The van der Waals surface area contributed by atoms with Crippen LogP contribution in [0.1, 0.15) is 18.9 Å². The van der Waals surface area contributed by atoms with Crippen LogP contribution in [0.25, 0.3) is 0 Å². The molecule has 0 radical (unpaired) electrons. The van der Waals surface area contributed by atoms with Gasteiger partial charge in [-0.15, -0.1) is 6.58 Å². The molecular formula is C13H19NO3S. The van der Waals surface area contributed by atoms with Gasteiger partial charge >= 0.3 is 0 Å². The molecule has 0 fully saturated rings. The Kier molecular flexibility index (Phi) is 5.53. The maximum Gasteiger partial charge on any atom is 0.243 e. The van der Waals surface area contributed by atoms with Crippen molar-refractivity contribution < 1.29 is 13.5 Å². The lowest BCUT2D eigenvalue weighted by Gasteiger charge is -2.20. The predicted molar refractivity (Wildman–Crippen MR) is 71.6 cm³/mol. The zero-order chi connectivity index (χ0) is 13.6. The van der Waals surface area contributed by atoms with Crippen LogP contribution in [-0.4, -0.2) is 30.9 Å². The van der Waals surface area contributed by atoms with Crippen LogP contribution in [0, 0.1) is 0 Å². The first-order valence-electron chi connectivity index (χ1n) is 5.87. The third-order valence-corrected chi connectivity index (χ3v) is 4.39. The van der Waals surface area contributed by atoms with Gasteiger partial charge in [0.2, 0.25) is 10.0 Å². The topological polar surface area (TPSA) is 57.6 Å². The molecule has 0 bridgehead atoms. The van der Waals surface area contributed by atoms with Crippen molar-refractivity contribution in [2.45, 2.75) is 24.8 Å². The summed E-state index contributed by atoms with van der Waals surface area (Å²) in [5.41, 5.74) is 0.589. The highest BCUT2D eigenvalue weighted by Crippen LogP contribution is 2.17.